The summed E-state index contributed by atoms with van der Waals surface area (Å²) >= 11 is 2.10. The number of benzene rings is 1. The predicted molar refractivity (Wildman–Crippen MR) is 87.3 cm³/mol. The Balaban J connectivity index is 1.66. The van der Waals surface area contributed by atoms with Gasteiger partial charge in [0.05, 0.1) is 0 Å². The quantitative estimate of drug-likeness (QED) is 0.892. The Morgan fingerprint density at radius 2 is 2.05 bits per heavy atom. The number of furan rings is 1. The topological polar surface area (TPSA) is 25.2 Å². The molecule has 0 radical (unpaired) electrons. The molecule has 1 aromatic carbocycles. The Kier molecular flexibility index (Phi) is 4.69. The summed E-state index contributed by atoms with van der Waals surface area (Å²) in [6.45, 7) is 4.24. The first kappa shape index (κ1) is 14.0. The lowest BCUT2D eigenvalue weighted by molar-refractivity contribution is 0.445. The van der Waals surface area contributed by atoms with Gasteiger partial charge >= 0.3 is 0 Å². The van der Waals surface area contributed by atoms with Gasteiger partial charge in [-0.3, -0.25) is 0 Å². The summed E-state index contributed by atoms with van der Waals surface area (Å²) < 4.78 is 5.95. The molecule has 2 aromatic rings. The summed E-state index contributed by atoms with van der Waals surface area (Å²) in [5.41, 5.74) is 2.38. The molecule has 1 aromatic heterocycles. The van der Waals surface area contributed by atoms with E-state index < -0.39 is 0 Å². The monoisotopic (exact) mass is 289 g/mol. The summed E-state index contributed by atoms with van der Waals surface area (Å²) in [6.07, 6.45) is 3.70. The van der Waals surface area contributed by atoms with E-state index in [1.165, 1.54) is 35.3 Å². The zero-order valence-corrected chi connectivity index (χ0v) is 13.0. The summed E-state index contributed by atoms with van der Waals surface area (Å²) in [7, 11) is 0. The van der Waals surface area contributed by atoms with E-state index in [1.807, 2.05) is 6.07 Å². The Labute approximate surface area is 125 Å². The molecular formula is C17H23NOS. The van der Waals surface area contributed by atoms with Crippen LogP contribution in [0.3, 0.4) is 0 Å². The van der Waals surface area contributed by atoms with E-state index in [9.17, 15) is 0 Å². The zero-order chi connectivity index (χ0) is 13.8. The van der Waals surface area contributed by atoms with Crippen LogP contribution < -0.4 is 5.32 Å². The molecule has 2 heterocycles. The third kappa shape index (κ3) is 3.04. The van der Waals surface area contributed by atoms with Crippen LogP contribution in [0.25, 0.3) is 11.0 Å². The molecule has 2 nitrogen and oxygen atoms in total. The molecule has 0 unspecified atom stereocenters. The number of aryl methyl sites for hydroxylation is 1. The number of hydrogen-bond donors (Lipinski definition) is 1. The molecule has 1 saturated heterocycles. The summed E-state index contributed by atoms with van der Waals surface area (Å²) in [4.78, 5) is 0. The molecule has 0 amide bonds. The van der Waals surface area contributed by atoms with Crippen molar-refractivity contribution in [3.8, 4) is 0 Å². The molecule has 1 aliphatic rings. The fourth-order valence-corrected chi connectivity index (χ4v) is 4.18. The minimum Gasteiger partial charge on any atom is -0.461 e. The van der Waals surface area contributed by atoms with Crippen molar-refractivity contribution < 1.29 is 4.42 Å². The van der Waals surface area contributed by atoms with Crippen molar-refractivity contribution in [3.05, 3.63) is 35.6 Å². The molecule has 0 saturated carbocycles. The average molecular weight is 289 g/mol. The van der Waals surface area contributed by atoms with Gasteiger partial charge in [0.15, 0.2) is 0 Å². The maximum atomic E-state index is 5.95. The van der Waals surface area contributed by atoms with Crippen molar-refractivity contribution in [3.63, 3.8) is 0 Å². The Bertz CT molecular complexity index is 557. The molecule has 1 N–H and O–H groups in total. The van der Waals surface area contributed by atoms with Gasteiger partial charge in [0, 0.05) is 23.9 Å². The first-order valence-corrected chi connectivity index (χ1v) is 8.81. The van der Waals surface area contributed by atoms with Crippen LogP contribution in [0.15, 0.2) is 28.7 Å². The lowest BCUT2D eigenvalue weighted by Gasteiger charge is -2.21. The summed E-state index contributed by atoms with van der Waals surface area (Å²) in [6, 6.07) is 8.38. The molecule has 3 heteroatoms. The van der Waals surface area contributed by atoms with Gasteiger partial charge in [-0.05, 0) is 42.9 Å². The van der Waals surface area contributed by atoms with E-state index in [0.29, 0.717) is 0 Å². The second-order valence-electron chi connectivity index (χ2n) is 5.54. The fourth-order valence-electron chi connectivity index (χ4n) is 2.98. The van der Waals surface area contributed by atoms with Crippen LogP contribution in [-0.4, -0.2) is 18.1 Å². The van der Waals surface area contributed by atoms with Gasteiger partial charge < -0.3 is 9.73 Å². The van der Waals surface area contributed by atoms with Crippen LogP contribution in [0, 0.1) is 5.92 Å². The molecule has 0 atom stereocenters. The van der Waals surface area contributed by atoms with E-state index in [2.05, 4.69) is 42.2 Å². The highest BCUT2D eigenvalue weighted by atomic mass is 32.2. The lowest BCUT2D eigenvalue weighted by Crippen LogP contribution is -2.25. The molecule has 0 spiro atoms. The smallest absolute Gasteiger partial charge is 0.134 e. The molecule has 1 aliphatic heterocycles. The van der Waals surface area contributed by atoms with E-state index in [4.69, 9.17) is 4.42 Å². The number of thioether (sulfide) groups is 1. The number of rotatable bonds is 5. The van der Waals surface area contributed by atoms with Crippen LogP contribution in [0.5, 0.6) is 0 Å². The molecule has 0 aliphatic carbocycles. The maximum Gasteiger partial charge on any atom is 0.134 e. The second-order valence-corrected chi connectivity index (χ2v) is 6.76. The van der Waals surface area contributed by atoms with Crippen molar-refractivity contribution in [2.45, 2.75) is 32.7 Å². The van der Waals surface area contributed by atoms with Crippen LogP contribution in [-0.2, 0) is 13.0 Å². The average Bonchev–Trinajstić information content (AvgIpc) is 2.87. The SMILES string of the molecule is CCc1oc2ccccc2c1CNCC1CCSCC1. The Morgan fingerprint density at radius 1 is 1.25 bits per heavy atom. The lowest BCUT2D eigenvalue weighted by atomic mass is 10.0. The second kappa shape index (κ2) is 6.68. The summed E-state index contributed by atoms with van der Waals surface area (Å²) in [5, 5.41) is 4.93. The fraction of sp³-hybridized carbons (Fsp3) is 0.529. The van der Waals surface area contributed by atoms with Crippen LogP contribution >= 0.6 is 11.8 Å². The third-order valence-electron chi connectivity index (χ3n) is 4.18. The van der Waals surface area contributed by atoms with E-state index >= 15 is 0 Å². The van der Waals surface area contributed by atoms with Crippen LogP contribution in [0.4, 0.5) is 0 Å². The Hall–Kier alpha value is -0.930. The first-order valence-electron chi connectivity index (χ1n) is 7.66. The largest absolute Gasteiger partial charge is 0.461 e. The highest BCUT2D eigenvalue weighted by Crippen LogP contribution is 2.26. The molecule has 20 heavy (non-hydrogen) atoms. The predicted octanol–water partition coefficient (Wildman–Crippen LogP) is 4.23. The molecular weight excluding hydrogens is 266 g/mol. The summed E-state index contributed by atoms with van der Waals surface area (Å²) in [5.74, 6) is 4.67. The molecule has 0 bridgehead atoms. The van der Waals surface area contributed by atoms with Crippen molar-refractivity contribution in [1.82, 2.24) is 5.32 Å². The van der Waals surface area contributed by atoms with Crippen molar-refractivity contribution in [2.24, 2.45) is 5.92 Å². The van der Waals surface area contributed by atoms with Gasteiger partial charge in [-0.1, -0.05) is 25.1 Å². The van der Waals surface area contributed by atoms with Crippen molar-refractivity contribution in [2.75, 3.05) is 18.1 Å². The van der Waals surface area contributed by atoms with Gasteiger partial charge in [-0.25, -0.2) is 0 Å². The van der Waals surface area contributed by atoms with Crippen molar-refractivity contribution >= 4 is 22.7 Å². The van der Waals surface area contributed by atoms with E-state index in [-0.39, 0.29) is 0 Å². The van der Waals surface area contributed by atoms with Crippen LogP contribution in [0.2, 0.25) is 0 Å². The highest BCUT2D eigenvalue weighted by Gasteiger charge is 2.15. The molecule has 3 rings (SSSR count). The third-order valence-corrected chi connectivity index (χ3v) is 5.23. The normalized spacial score (nSPS) is 16.9. The number of nitrogens with one attached hydrogen (secondary N) is 1. The Morgan fingerprint density at radius 3 is 2.85 bits per heavy atom. The minimum absolute atomic E-state index is 0.861. The first-order chi connectivity index (χ1) is 9.88. The van der Waals surface area contributed by atoms with Crippen molar-refractivity contribution in [1.29, 1.82) is 0 Å². The van der Waals surface area contributed by atoms with E-state index in [0.717, 1.165) is 36.8 Å². The van der Waals surface area contributed by atoms with Gasteiger partial charge in [0.2, 0.25) is 0 Å². The number of hydrogen-bond acceptors (Lipinski definition) is 3. The van der Waals surface area contributed by atoms with Gasteiger partial charge in [-0.15, -0.1) is 0 Å². The van der Waals surface area contributed by atoms with Gasteiger partial charge in [0.1, 0.15) is 11.3 Å². The highest BCUT2D eigenvalue weighted by molar-refractivity contribution is 7.99. The zero-order valence-electron chi connectivity index (χ0n) is 12.2. The molecule has 1 fully saturated rings. The van der Waals surface area contributed by atoms with Gasteiger partial charge in [0.25, 0.3) is 0 Å². The maximum absolute atomic E-state index is 5.95. The van der Waals surface area contributed by atoms with Gasteiger partial charge in [-0.2, -0.15) is 11.8 Å². The minimum atomic E-state index is 0.861. The molecule has 108 valence electrons. The van der Waals surface area contributed by atoms with Crippen LogP contribution in [0.1, 0.15) is 31.1 Å². The number of para-hydroxylation sites is 1. The standard InChI is InChI=1S/C17H23NOS/c1-2-16-15(14-5-3-4-6-17(14)19-16)12-18-11-13-7-9-20-10-8-13/h3-6,13,18H,2,7-12H2,1H3. The van der Waals surface area contributed by atoms with E-state index in [1.54, 1.807) is 0 Å². The number of fused-ring (bicyclic) bond motifs is 1.